The highest BCUT2D eigenvalue weighted by atomic mass is 19.4. The van der Waals surface area contributed by atoms with Crippen LogP contribution in [0.1, 0.15) is 17.2 Å². The van der Waals surface area contributed by atoms with Crippen LogP contribution < -0.4 is 5.32 Å². The summed E-state index contributed by atoms with van der Waals surface area (Å²) in [7, 11) is 1.39. The molecule has 0 aliphatic carbocycles. The van der Waals surface area contributed by atoms with Gasteiger partial charge in [0.1, 0.15) is 11.3 Å². The van der Waals surface area contributed by atoms with E-state index in [4.69, 9.17) is 9.05 Å². The first-order valence-electron chi connectivity index (χ1n) is 9.26. The van der Waals surface area contributed by atoms with Crippen molar-refractivity contribution in [2.45, 2.75) is 12.3 Å². The lowest BCUT2D eigenvalue weighted by Gasteiger charge is -2.09. The summed E-state index contributed by atoms with van der Waals surface area (Å²) in [6.07, 6.45) is -6.15. The van der Waals surface area contributed by atoms with Crippen LogP contribution in [0, 0.1) is 0 Å². The van der Waals surface area contributed by atoms with Crippen LogP contribution in [0.2, 0.25) is 0 Å². The summed E-state index contributed by atoms with van der Waals surface area (Å²) in [6.45, 7) is 0. The first kappa shape index (κ1) is 21.2. The zero-order valence-electron chi connectivity index (χ0n) is 16.4. The molecule has 0 saturated heterocycles. The molecular formula is C21H15F3N4O4. The lowest BCUT2D eigenvalue weighted by Crippen LogP contribution is -2.25. The van der Waals surface area contributed by atoms with Crippen molar-refractivity contribution in [1.82, 2.24) is 20.6 Å². The third kappa shape index (κ3) is 3.97. The molecule has 32 heavy (non-hydrogen) atoms. The molecule has 0 unspecified atom stereocenters. The van der Waals surface area contributed by atoms with Crippen molar-refractivity contribution in [2.24, 2.45) is 0 Å². The molecule has 8 nitrogen and oxygen atoms in total. The van der Waals surface area contributed by atoms with Crippen LogP contribution in [-0.2, 0) is 11.0 Å². The van der Waals surface area contributed by atoms with Crippen LogP contribution in [0.3, 0.4) is 0 Å². The minimum absolute atomic E-state index is 0.00762. The van der Waals surface area contributed by atoms with Gasteiger partial charge in [0.05, 0.1) is 0 Å². The Morgan fingerprint density at radius 3 is 2.31 bits per heavy atom. The number of rotatable bonds is 5. The normalized spacial score (nSPS) is 12.5. The van der Waals surface area contributed by atoms with Crippen molar-refractivity contribution in [3.05, 3.63) is 65.7 Å². The highest BCUT2D eigenvalue weighted by Gasteiger charge is 2.42. The predicted molar refractivity (Wildman–Crippen MR) is 105 cm³/mol. The molecule has 2 aromatic carbocycles. The Balaban J connectivity index is 1.69. The predicted octanol–water partition coefficient (Wildman–Crippen LogP) is 3.86. The van der Waals surface area contributed by atoms with Crippen molar-refractivity contribution < 1.29 is 32.1 Å². The zero-order valence-corrected chi connectivity index (χ0v) is 16.4. The Bertz CT molecular complexity index is 1230. The van der Waals surface area contributed by atoms with E-state index in [0.717, 1.165) is 0 Å². The molecule has 11 heteroatoms. The van der Waals surface area contributed by atoms with Crippen LogP contribution in [0.15, 0.2) is 63.6 Å². The quantitative estimate of drug-likeness (QED) is 0.480. The van der Waals surface area contributed by atoms with Crippen LogP contribution in [0.4, 0.5) is 13.2 Å². The van der Waals surface area contributed by atoms with Crippen LogP contribution in [-0.4, -0.2) is 33.4 Å². The average molecular weight is 444 g/mol. The van der Waals surface area contributed by atoms with Gasteiger partial charge in [-0.1, -0.05) is 64.9 Å². The van der Waals surface area contributed by atoms with Crippen LogP contribution >= 0.6 is 0 Å². The van der Waals surface area contributed by atoms with Gasteiger partial charge in [0, 0.05) is 18.2 Å². The average Bonchev–Trinajstić information content (AvgIpc) is 3.46. The second-order valence-electron chi connectivity index (χ2n) is 6.66. The molecule has 4 aromatic rings. The number of aliphatic hydroxyl groups excluding tert-OH is 1. The summed E-state index contributed by atoms with van der Waals surface area (Å²) in [5, 5.41) is 19.5. The Labute approximate surface area is 178 Å². The largest absolute Gasteiger partial charge is 0.422 e. The number of carbonyl (C=O) groups is 1. The fraction of sp³-hybridized carbons (Fsp3) is 0.143. The minimum atomic E-state index is -4.78. The lowest BCUT2D eigenvalue weighted by molar-refractivity contribution is -0.137. The van der Waals surface area contributed by atoms with Crippen LogP contribution in [0.25, 0.3) is 34.3 Å². The van der Waals surface area contributed by atoms with E-state index in [9.17, 15) is 23.1 Å². The van der Waals surface area contributed by atoms with Gasteiger partial charge in [-0.15, -0.1) is 0 Å². The van der Waals surface area contributed by atoms with Gasteiger partial charge < -0.3 is 19.5 Å². The van der Waals surface area contributed by atoms with Crippen molar-refractivity contribution >= 4 is 5.91 Å². The molecule has 2 heterocycles. The lowest BCUT2D eigenvalue weighted by atomic mass is 10.1. The molecule has 2 aromatic heterocycles. The fourth-order valence-electron chi connectivity index (χ4n) is 3.03. The summed E-state index contributed by atoms with van der Waals surface area (Å²) >= 11 is 0. The standard InChI is InChI=1S/C21H15F3N4O4/c1-25-19(30)16(29)12-7-9-13(10-8-12)18-26-20(32-28-18)17-14(21(22,23)24)15(27-31-17)11-5-3-2-4-6-11/h2-10,16,29H,1H3,(H,25,30)/t16-/m1/s1. The van der Waals surface area contributed by atoms with Gasteiger partial charge in [-0.25, -0.2) is 0 Å². The van der Waals surface area contributed by atoms with E-state index in [1.165, 1.54) is 43.4 Å². The van der Waals surface area contributed by atoms with Crippen molar-refractivity contribution in [3.63, 3.8) is 0 Å². The molecular weight excluding hydrogens is 429 g/mol. The Morgan fingerprint density at radius 1 is 1.00 bits per heavy atom. The van der Waals surface area contributed by atoms with E-state index < -0.39 is 35.4 Å². The number of likely N-dealkylation sites (N-methyl/N-ethyl adjacent to an activating group) is 1. The first-order valence-corrected chi connectivity index (χ1v) is 9.26. The molecule has 0 saturated carbocycles. The van der Waals surface area contributed by atoms with Gasteiger partial charge in [0.15, 0.2) is 6.10 Å². The molecule has 1 atom stereocenters. The summed E-state index contributed by atoms with van der Waals surface area (Å²) in [5.41, 5.74) is -0.578. The number of benzene rings is 2. The molecule has 4 rings (SSSR count). The van der Waals surface area contributed by atoms with Crippen molar-refractivity contribution in [3.8, 4) is 34.3 Å². The van der Waals surface area contributed by atoms with E-state index in [0.29, 0.717) is 11.1 Å². The monoisotopic (exact) mass is 444 g/mol. The maximum absolute atomic E-state index is 13.8. The van der Waals surface area contributed by atoms with Gasteiger partial charge >= 0.3 is 6.18 Å². The van der Waals surface area contributed by atoms with Crippen molar-refractivity contribution in [1.29, 1.82) is 0 Å². The van der Waals surface area contributed by atoms with Crippen LogP contribution in [0.5, 0.6) is 0 Å². The third-order valence-electron chi connectivity index (χ3n) is 4.62. The van der Waals surface area contributed by atoms with Gasteiger partial charge in [0.2, 0.25) is 11.6 Å². The van der Waals surface area contributed by atoms with Gasteiger partial charge in [-0.3, -0.25) is 4.79 Å². The SMILES string of the molecule is CNC(=O)[C@H](O)c1ccc(-c2noc(-c3onc(-c4ccccc4)c3C(F)(F)F)n2)cc1. The number of halogens is 3. The van der Waals surface area contributed by atoms with E-state index in [1.54, 1.807) is 18.2 Å². The van der Waals surface area contributed by atoms with Gasteiger partial charge in [-0.05, 0) is 5.56 Å². The van der Waals surface area contributed by atoms with Gasteiger partial charge in [-0.2, -0.15) is 18.2 Å². The van der Waals surface area contributed by atoms with E-state index in [2.05, 4.69) is 20.6 Å². The Morgan fingerprint density at radius 2 is 1.69 bits per heavy atom. The first-order chi connectivity index (χ1) is 15.3. The number of carbonyl (C=O) groups excluding carboxylic acids is 1. The maximum Gasteiger partial charge on any atom is 0.422 e. The molecule has 0 aliphatic heterocycles. The smallest absolute Gasteiger partial charge is 0.378 e. The summed E-state index contributed by atoms with van der Waals surface area (Å²) < 4.78 is 51.4. The molecule has 2 N–H and O–H groups in total. The molecule has 164 valence electrons. The molecule has 0 fully saturated rings. The highest BCUT2D eigenvalue weighted by molar-refractivity contribution is 5.81. The molecule has 0 radical (unpaired) electrons. The third-order valence-corrected chi connectivity index (χ3v) is 4.62. The molecule has 1 amide bonds. The topological polar surface area (TPSA) is 114 Å². The van der Waals surface area contributed by atoms with Gasteiger partial charge in [0.25, 0.3) is 11.8 Å². The van der Waals surface area contributed by atoms with E-state index in [1.807, 2.05) is 0 Å². The summed E-state index contributed by atoms with van der Waals surface area (Å²) in [4.78, 5) is 15.5. The number of hydrogen-bond donors (Lipinski definition) is 2. The van der Waals surface area contributed by atoms with E-state index >= 15 is 0 Å². The summed E-state index contributed by atoms with van der Waals surface area (Å²) in [5.74, 6) is -1.77. The Kier molecular flexibility index (Phi) is 5.49. The Hall–Kier alpha value is -3.99. The summed E-state index contributed by atoms with van der Waals surface area (Å²) in [6, 6.07) is 13.7. The number of nitrogens with one attached hydrogen (secondary N) is 1. The fourth-order valence-corrected chi connectivity index (χ4v) is 3.03. The van der Waals surface area contributed by atoms with E-state index in [-0.39, 0.29) is 17.1 Å². The number of amides is 1. The zero-order chi connectivity index (χ0) is 22.9. The minimum Gasteiger partial charge on any atom is -0.378 e. The second-order valence-corrected chi connectivity index (χ2v) is 6.66. The number of alkyl halides is 3. The highest BCUT2D eigenvalue weighted by Crippen LogP contribution is 2.43. The number of nitrogens with zero attached hydrogens (tertiary/aromatic N) is 3. The molecule has 0 spiro atoms. The number of hydrogen-bond acceptors (Lipinski definition) is 7. The maximum atomic E-state index is 13.8. The number of aliphatic hydroxyl groups is 1. The molecule has 0 bridgehead atoms. The molecule has 0 aliphatic rings. The number of aromatic nitrogens is 3. The second kappa shape index (κ2) is 8.27. The van der Waals surface area contributed by atoms with Crippen molar-refractivity contribution in [2.75, 3.05) is 7.05 Å².